The lowest BCUT2D eigenvalue weighted by Crippen LogP contribution is -2.37. The average molecular weight is 1140 g/mol. The van der Waals surface area contributed by atoms with E-state index in [4.69, 9.17) is 19.7 Å². The molecular weight excluding hydrogens is 1010 g/mol. The van der Waals surface area contributed by atoms with Crippen LogP contribution in [0.15, 0.2) is 0 Å². The number of unbranched alkanes of at least 4 members (excludes halogenated alkanes) is 32. The Morgan fingerprint density at radius 1 is 0.338 bits per heavy atom. The summed E-state index contributed by atoms with van der Waals surface area (Å²) in [7, 11) is 0. The lowest BCUT2D eigenvalue weighted by molar-refractivity contribution is -0.150. The molecule has 80 heavy (non-hydrogen) atoms. The Bertz CT molecular complexity index is 1410. The fourth-order valence-electron chi connectivity index (χ4n) is 10.5. The van der Waals surface area contributed by atoms with Crippen LogP contribution in [0.25, 0.3) is 0 Å². The Balaban J connectivity index is 4.96. The standard InChI is InChI=1S/C66H126N4O10/c1-4-7-10-13-16-31-42-59-79-65(77)47-36-25-19-29-40-55-70(56-41-30-20-26-37-48-66(78)80-60(43-32-21-14-11-8-5-2)44-33-22-15-12-9-6-3)58-52-68-62(72)50-49-61(71)67-51-57-69(53-38-27-17-23-34-45-63(73)74)54-39-28-18-24-35-46-64(75)76/h60H,4-59H2,1-3H3,(H,67,71)(H,68,72)(H,73,74)(H,75,76). The van der Waals surface area contributed by atoms with Crippen molar-refractivity contribution in [3.05, 3.63) is 0 Å². The van der Waals surface area contributed by atoms with E-state index in [1.165, 1.54) is 96.3 Å². The molecule has 0 radical (unpaired) electrons. The number of hydrogen-bond acceptors (Lipinski definition) is 10. The second kappa shape index (κ2) is 60.3. The fourth-order valence-corrected chi connectivity index (χ4v) is 10.5. The minimum Gasteiger partial charge on any atom is -0.481 e. The van der Waals surface area contributed by atoms with Crippen LogP contribution >= 0.6 is 0 Å². The van der Waals surface area contributed by atoms with Gasteiger partial charge in [0, 0.05) is 64.7 Å². The normalized spacial score (nSPS) is 11.5. The number of hydrogen-bond donors (Lipinski definition) is 4. The minimum atomic E-state index is -0.748. The van der Waals surface area contributed by atoms with E-state index in [1.54, 1.807) is 0 Å². The van der Waals surface area contributed by atoms with E-state index in [0.29, 0.717) is 51.9 Å². The molecule has 0 rings (SSSR count). The number of aliphatic carboxylic acids is 2. The van der Waals surface area contributed by atoms with E-state index < -0.39 is 11.9 Å². The molecule has 4 N–H and O–H groups in total. The van der Waals surface area contributed by atoms with Crippen molar-refractivity contribution in [1.82, 2.24) is 20.4 Å². The van der Waals surface area contributed by atoms with Gasteiger partial charge in [0.05, 0.1) is 6.61 Å². The molecule has 0 unspecified atom stereocenters. The van der Waals surface area contributed by atoms with Gasteiger partial charge in [-0.1, -0.05) is 201 Å². The Hall–Kier alpha value is -3.26. The second-order valence-corrected chi connectivity index (χ2v) is 23.3. The van der Waals surface area contributed by atoms with Crippen molar-refractivity contribution in [1.29, 1.82) is 0 Å². The molecule has 2 amide bonds. The molecule has 0 aliphatic rings. The van der Waals surface area contributed by atoms with Gasteiger partial charge in [0.25, 0.3) is 0 Å². The highest BCUT2D eigenvalue weighted by Gasteiger charge is 2.16. The van der Waals surface area contributed by atoms with Crippen molar-refractivity contribution in [2.24, 2.45) is 0 Å². The molecular formula is C66H126N4O10. The van der Waals surface area contributed by atoms with Crippen LogP contribution in [0.4, 0.5) is 0 Å². The maximum Gasteiger partial charge on any atom is 0.306 e. The van der Waals surface area contributed by atoms with Crippen LogP contribution < -0.4 is 10.6 Å². The van der Waals surface area contributed by atoms with E-state index in [2.05, 4.69) is 41.2 Å². The van der Waals surface area contributed by atoms with Gasteiger partial charge in [-0.3, -0.25) is 28.8 Å². The van der Waals surface area contributed by atoms with Gasteiger partial charge in [0.1, 0.15) is 6.10 Å². The van der Waals surface area contributed by atoms with Gasteiger partial charge < -0.3 is 40.1 Å². The number of nitrogens with one attached hydrogen (secondary N) is 2. The van der Waals surface area contributed by atoms with Crippen LogP contribution in [0, 0.1) is 0 Å². The van der Waals surface area contributed by atoms with Gasteiger partial charge in [-0.25, -0.2) is 0 Å². The molecule has 0 aliphatic heterocycles. The summed E-state index contributed by atoms with van der Waals surface area (Å²) < 4.78 is 11.6. The van der Waals surface area contributed by atoms with Crippen LogP contribution in [0.2, 0.25) is 0 Å². The topological polar surface area (TPSA) is 192 Å². The number of ether oxygens (including phenoxy) is 2. The molecule has 0 saturated carbocycles. The van der Waals surface area contributed by atoms with Crippen LogP contribution in [-0.2, 0) is 38.2 Å². The summed E-state index contributed by atoms with van der Waals surface area (Å²) in [5, 5.41) is 23.9. The number of esters is 2. The van der Waals surface area contributed by atoms with Crippen LogP contribution in [0.3, 0.4) is 0 Å². The molecule has 0 spiro atoms. The van der Waals surface area contributed by atoms with Gasteiger partial charge in [0.2, 0.25) is 11.8 Å². The van der Waals surface area contributed by atoms with Crippen molar-refractivity contribution < 1.29 is 48.5 Å². The summed E-state index contributed by atoms with van der Waals surface area (Å²) in [6.07, 6.45) is 46.7. The second-order valence-electron chi connectivity index (χ2n) is 23.3. The summed E-state index contributed by atoms with van der Waals surface area (Å²) in [6.45, 7) is 13.5. The maximum absolute atomic E-state index is 13.0. The molecule has 0 aromatic carbocycles. The predicted molar refractivity (Wildman–Crippen MR) is 329 cm³/mol. The van der Waals surface area contributed by atoms with E-state index in [1.807, 2.05) is 0 Å². The highest BCUT2D eigenvalue weighted by atomic mass is 16.5. The number of carboxylic acids is 2. The smallest absolute Gasteiger partial charge is 0.306 e. The minimum absolute atomic E-state index is 0.0276. The molecule has 0 bridgehead atoms. The summed E-state index contributed by atoms with van der Waals surface area (Å²) in [5.41, 5.74) is 0. The van der Waals surface area contributed by atoms with Crippen molar-refractivity contribution in [2.75, 3.05) is 59.0 Å². The molecule has 0 heterocycles. The summed E-state index contributed by atoms with van der Waals surface area (Å²) in [5.74, 6) is -1.85. The number of nitrogens with zero attached hydrogens (tertiary/aromatic N) is 2. The number of rotatable bonds is 64. The first-order valence-electron chi connectivity index (χ1n) is 33.8. The van der Waals surface area contributed by atoms with Crippen molar-refractivity contribution >= 4 is 35.7 Å². The number of carbonyl (C=O) groups is 6. The zero-order chi connectivity index (χ0) is 58.6. The van der Waals surface area contributed by atoms with Gasteiger partial charge in [-0.15, -0.1) is 0 Å². The van der Waals surface area contributed by atoms with Crippen molar-refractivity contribution in [2.45, 2.75) is 329 Å². The zero-order valence-electron chi connectivity index (χ0n) is 52.2. The number of amides is 2. The molecule has 0 fully saturated rings. The first-order valence-corrected chi connectivity index (χ1v) is 33.8. The van der Waals surface area contributed by atoms with Gasteiger partial charge in [-0.2, -0.15) is 0 Å². The third kappa shape index (κ3) is 58.0. The Labute approximate surface area is 490 Å². The first-order chi connectivity index (χ1) is 39.0. The molecule has 0 atom stereocenters. The van der Waals surface area contributed by atoms with Crippen LogP contribution in [0.5, 0.6) is 0 Å². The monoisotopic (exact) mass is 1130 g/mol. The third-order valence-corrected chi connectivity index (χ3v) is 15.6. The highest BCUT2D eigenvalue weighted by molar-refractivity contribution is 5.83. The van der Waals surface area contributed by atoms with Crippen LogP contribution in [0.1, 0.15) is 323 Å². The van der Waals surface area contributed by atoms with E-state index >= 15 is 0 Å². The number of carbonyl (C=O) groups excluding carboxylic acids is 4. The number of carboxylic acid groups (broad SMARTS) is 2. The van der Waals surface area contributed by atoms with Gasteiger partial charge in [-0.05, 0) is 110 Å². The lowest BCUT2D eigenvalue weighted by Gasteiger charge is -2.23. The molecule has 0 aliphatic carbocycles. The van der Waals surface area contributed by atoms with Gasteiger partial charge in [0.15, 0.2) is 0 Å². The van der Waals surface area contributed by atoms with E-state index in [0.717, 1.165) is 187 Å². The Morgan fingerprint density at radius 3 is 1.00 bits per heavy atom. The van der Waals surface area contributed by atoms with Crippen molar-refractivity contribution in [3.8, 4) is 0 Å². The summed E-state index contributed by atoms with van der Waals surface area (Å²) in [6, 6.07) is 0. The molecule has 14 nitrogen and oxygen atoms in total. The fraction of sp³-hybridized carbons (Fsp3) is 0.909. The van der Waals surface area contributed by atoms with E-state index in [-0.39, 0.29) is 55.5 Å². The summed E-state index contributed by atoms with van der Waals surface area (Å²) >= 11 is 0. The average Bonchev–Trinajstić information content (AvgIpc) is 3.43. The van der Waals surface area contributed by atoms with Crippen molar-refractivity contribution in [3.63, 3.8) is 0 Å². The first kappa shape index (κ1) is 76.7. The quantitative estimate of drug-likeness (QED) is 0.0333. The summed E-state index contributed by atoms with van der Waals surface area (Å²) in [4.78, 5) is 77.6. The molecule has 0 saturated heterocycles. The highest BCUT2D eigenvalue weighted by Crippen LogP contribution is 2.19. The molecule has 470 valence electrons. The van der Waals surface area contributed by atoms with Gasteiger partial charge >= 0.3 is 23.9 Å². The Morgan fingerprint density at radius 2 is 0.637 bits per heavy atom. The largest absolute Gasteiger partial charge is 0.481 e. The van der Waals surface area contributed by atoms with Crippen LogP contribution in [-0.4, -0.2) is 121 Å². The molecule has 0 aromatic rings. The zero-order valence-corrected chi connectivity index (χ0v) is 52.2. The molecule has 0 aromatic heterocycles. The maximum atomic E-state index is 13.0. The predicted octanol–water partition coefficient (Wildman–Crippen LogP) is 15.8. The SMILES string of the molecule is CCCCCCCCCOC(=O)CCCCCCCN(CCCCCCCC(=O)OC(CCCCCCCC)CCCCCCCC)CCNC(=O)CCC(=O)NCCN(CCCCCCCC(=O)O)CCCCCCCC(=O)O. The third-order valence-electron chi connectivity index (χ3n) is 15.6. The molecule has 14 heteroatoms. The Kier molecular flexibility index (Phi) is 57.9. The lowest BCUT2D eigenvalue weighted by atomic mass is 10.0. The van der Waals surface area contributed by atoms with E-state index in [9.17, 15) is 28.8 Å².